The summed E-state index contributed by atoms with van der Waals surface area (Å²) >= 11 is 0. The molecule has 4 heteroatoms. The largest absolute Gasteiger partial charge is 0.260 e. The zero-order valence-corrected chi connectivity index (χ0v) is 15.5. The number of hydrogen-bond donors (Lipinski definition) is 0. The van der Waals surface area contributed by atoms with Crippen LogP contribution in [0.5, 0.6) is 0 Å². The van der Waals surface area contributed by atoms with E-state index in [9.17, 15) is 0 Å². The summed E-state index contributed by atoms with van der Waals surface area (Å²) in [7, 11) is 0. The molecule has 0 spiro atoms. The van der Waals surface area contributed by atoms with Crippen LogP contribution >= 0.6 is 0 Å². The molecule has 0 radical (unpaired) electrons. The average Bonchev–Trinajstić information content (AvgIpc) is 2.48. The number of aryl methyl sites for hydroxylation is 1. The minimum absolute atomic E-state index is 0. The van der Waals surface area contributed by atoms with Crippen LogP contribution < -0.4 is 0 Å². The Kier molecular flexibility index (Phi) is 7.58. The molecule has 1 heterocycles. The van der Waals surface area contributed by atoms with Gasteiger partial charge in [-0.05, 0) is 36.0 Å². The molecule has 0 atom stereocenters. The number of aliphatic imine (C=N–C) groups is 1. The number of aromatic nitrogens is 2. The van der Waals surface area contributed by atoms with E-state index in [0.29, 0.717) is 18.3 Å². The van der Waals surface area contributed by atoms with Crippen molar-refractivity contribution in [3.05, 3.63) is 53.1 Å². The Hall–Kier alpha value is -1.54. The first-order valence-corrected chi connectivity index (χ1v) is 7.92. The first-order valence-electron chi connectivity index (χ1n) is 7.92. The van der Waals surface area contributed by atoms with E-state index in [1.807, 2.05) is 12.3 Å². The molecule has 0 fully saturated rings. The first-order chi connectivity index (χ1) is 10.5. The minimum Gasteiger partial charge on any atom is -0.260 e. The molecule has 0 saturated heterocycles. The smallest absolute Gasteiger partial charge is 0.133 e. The van der Waals surface area contributed by atoms with Gasteiger partial charge in [0.1, 0.15) is 5.82 Å². The summed E-state index contributed by atoms with van der Waals surface area (Å²) in [4.78, 5) is 13.3. The quantitative estimate of drug-likeness (QED) is 0.561. The molecular weight excluding hydrogens is 329 g/mol. The molecule has 0 N–H and O–H groups in total. The summed E-state index contributed by atoms with van der Waals surface area (Å²) < 4.78 is 0. The Balaban J connectivity index is 0.00000264. The summed E-state index contributed by atoms with van der Waals surface area (Å²) in [6.45, 7) is 11.0. The van der Waals surface area contributed by atoms with Gasteiger partial charge in [0.25, 0.3) is 0 Å². The van der Waals surface area contributed by atoms with E-state index in [1.165, 1.54) is 16.7 Å². The van der Waals surface area contributed by atoms with Crippen molar-refractivity contribution in [1.82, 2.24) is 9.97 Å². The summed E-state index contributed by atoms with van der Waals surface area (Å²) in [6, 6.07) is 6.33. The van der Waals surface area contributed by atoms with Crippen molar-refractivity contribution in [3.63, 3.8) is 0 Å². The van der Waals surface area contributed by atoms with Crippen LogP contribution in [0.1, 0.15) is 62.0 Å². The van der Waals surface area contributed by atoms with Crippen LogP contribution in [-0.2, 0) is 22.9 Å². The van der Waals surface area contributed by atoms with E-state index < -0.39 is 0 Å². The summed E-state index contributed by atoms with van der Waals surface area (Å²) in [6.07, 6.45) is 6.11. The van der Waals surface area contributed by atoms with Crippen molar-refractivity contribution in [3.8, 4) is 0 Å². The van der Waals surface area contributed by atoms with Crippen molar-refractivity contribution in [2.75, 3.05) is 0 Å². The zero-order chi connectivity index (χ0) is 16.1. The van der Waals surface area contributed by atoms with Gasteiger partial charge in [-0.3, -0.25) is 4.99 Å². The van der Waals surface area contributed by atoms with E-state index in [1.54, 1.807) is 12.4 Å². The van der Waals surface area contributed by atoms with Gasteiger partial charge in [0.05, 0.1) is 5.69 Å². The van der Waals surface area contributed by atoms with E-state index in [-0.39, 0.29) is 16.5 Å². The van der Waals surface area contributed by atoms with Crippen molar-refractivity contribution in [1.29, 1.82) is 0 Å². The van der Waals surface area contributed by atoms with Crippen molar-refractivity contribution < 1.29 is 16.5 Å². The third kappa shape index (κ3) is 5.25. The van der Waals surface area contributed by atoms with Crippen LogP contribution in [0.25, 0.3) is 0 Å². The van der Waals surface area contributed by atoms with Gasteiger partial charge in [0.15, 0.2) is 0 Å². The summed E-state index contributed by atoms with van der Waals surface area (Å²) in [5, 5.41) is 0. The maximum atomic E-state index is 4.78. The summed E-state index contributed by atoms with van der Waals surface area (Å²) in [5.74, 6) is 1.71. The molecule has 0 unspecified atom stereocenters. The Morgan fingerprint density at radius 3 is 2.00 bits per heavy atom. The molecule has 0 aliphatic rings. The second-order valence-electron chi connectivity index (χ2n) is 6.28. The molecule has 0 aliphatic carbocycles. The predicted octanol–water partition coefficient (Wildman–Crippen LogP) is 4.97. The normalized spacial score (nSPS) is 11.3. The third-order valence-electron chi connectivity index (χ3n) is 3.67. The van der Waals surface area contributed by atoms with Crippen LogP contribution in [0.3, 0.4) is 0 Å². The van der Waals surface area contributed by atoms with Gasteiger partial charge >= 0.3 is 0 Å². The van der Waals surface area contributed by atoms with Gasteiger partial charge in [0, 0.05) is 41.5 Å². The van der Waals surface area contributed by atoms with Crippen LogP contribution in [0.15, 0.2) is 35.6 Å². The molecule has 0 saturated carbocycles. The fourth-order valence-corrected chi connectivity index (χ4v) is 2.52. The van der Waals surface area contributed by atoms with E-state index in [2.05, 4.69) is 56.7 Å². The fourth-order valence-electron chi connectivity index (χ4n) is 2.52. The van der Waals surface area contributed by atoms with E-state index in [4.69, 9.17) is 4.99 Å². The Labute approximate surface area is 149 Å². The van der Waals surface area contributed by atoms with Crippen molar-refractivity contribution in [2.45, 2.75) is 52.9 Å². The zero-order valence-electron chi connectivity index (χ0n) is 14.5. The monoisotopic (exact) mass is 353 g/mol. The van der Waals surface area contributed by atoms with Crippen LogP contribution in [0.4, 0.5) is 5.69 Å². The fraction of sp³-hybridized carbons (Fsp3) is 0.421. The molecule has 2 rings (SSSR count). The summed E-state index contributed by atoms with van der Waals surface area (Å²) in [5.41, 5.74) is 5.05. The van der Waals surface area contributed by atoms with Gasteiger partial charge < -0.3 is 0 Å². The van der Waals surface area contributed by atoms with Crippen molar-refractivity contribution >= 4 is 11.9 Å². The molecule has 0 bridgehead atoms. The molecule has 23 heavy (non-hydrogen) atoms. The Morgan fingerprint density at radius 1 is 1.00 bits per heavy atom. The van der Waals surface area contributed by atoms with Gasteiger partial charge in [-0.25, -0.2) is 9.97 Å². The van der Waals surface area contributed by atoms with Crippen LogP contribution in [-0.4, -0.2) is 16.2 Å². The Bertz CT molecular complexity index is 620. The number of nitrogens with zero attached hydrogens (tertiary/aromatic N) is 3. The van der Waals surface area contributed by atoms with Gasteiger partial charge in [0.2, 0.25) is 0 Å². The molecule has 0 amide bonds. The number of hydrogen-bond acceptors (Lipinski definition) is 3. The van der Waals surface area contributed by atoms with Gasteiger partial charge in [-0.2, -0.15) is 0 Å². The molecule has 1 aromatic heterocycles. The first kappa shape index (κ1) is 19.5. The maximum absolute atomic E-state index is 4.78. The molecule has 3 nitrogen and oxygen atoms in total. The molecule has 1 aromatic carbocycles. The average molecular weight is 354 g/mol. The molecule has 0 aliphatic heterocycles. The molecule has 126 valence electrons. The van der Waals surface area contributed by atoms with E-state index >= 15 is 0 Å². The van der Waals surface area contributed by atoms with Gasteiger partial charge in [-0.1, -0.05) is 45.4 Å². The Morgan fingerprint density at radius 2 is 1.52 bits per heavy atom. The van der Waals surface area contributed by atoms with Crippen LogP contribution in [0, 0.1) is 6.92 Å². The van der Waals surface area contributed by atoms with E-state index in [0.717, 1.165) is 11.5 Å². The predicted molar refractivity (Wildman–Crippen MR) is 93.2 cm³/mol. The van der Waals surface area contributed by atoms with Gasteiger partial charge in [-0.15, -0.1) is 0 Å². The third-order valence-corrected chi connectivity index (χ3v) is 3.67. The topological polar surface area (TPSA) is 38.1 Å². The minimum atomic E-state index is 0. The molecular formula is C19H25N3Ni. The van der Waals surface area contributed by atoms with Crippen molar-refractivity contribution in [2.24, 2.45) is 4.99 Å². The maximum Gasteiger partial charge on any atom is 0.133 e. The van der Waals surface area contributed by atoms with Crippen LogP contribution in [0.2, 0.25) is 0 Å². The SMILES string of the molecule is Cc1cc(C(C)C)c(N=CCc2ncccn2)c(C(C)C)c1.[Ni]. The second kappa shape index (κ2) is 8.93. The number of rotatable bonds is 5. The standard InChI is InChI=1S/C19H25N3.Ni/c1-13(2)16-11-15(5)12-17(14(3)4)19(16)22-10-7-18-20-8-6-9-21-18;/h6,8-14H,7H2,1-5H3;. The number of benzene rings is 1. The molecule has 2 aromatic rings. The second-order valence-corrected chi connectivity index (χ2v) is 6.28.